The number of amides is 1. The highest BCUT2D eigenvalue weighted by Crippen LogP contribution is 2.29. The van der Waals surface area contributed by atoms with Crippen molar-refractivity contribution >= 4 is 17.7 Å². The molecule has 0 radical (unpaired) electrons. The third kappa shape index (κ3) is 3.44. The second-order valence-electron chi connectivity index (χ2n) is 4.96. The average molecular weight is 319 g/mol. The van der Waals surface area contributed by atoms with Gasteiger partial charge in [-0.2, -0.15) is 11.8 Å². The molecule has 0 unspecified atom stereocenters. The van der Waals surface area contributed by atoms with Gasteiger partial charge in [0.05, 0.1) is 12.4 Å². The van der Waals surface area contributed by atoms with Crippen LogP contribution in [0, 0.1) is 0 Å². The third-order valence-corrected chi connectivity index (χ3v) is 4.50. The minimum Gasteiger partial charge on any atom is -0.496 e. The fraction of sp³-hybridized carbons (Fsp3) is 0.375. The van der Waals surface area contributed by atoms with Crippen LogP contribution < -0.4 is 10.1 Å². The Morgan fingerprint density at radius 1 is 1.41 bits per heavy atom. The molecular formula is C16H21N3O2S. The predicted molar refractivity (Wildman–Crippen MR) is 89.2 cm³/mol. The van der Waals surface area contributed by atoms with Crippen LogP contribution in [-0.2, 0) is 11.8 Å². The van der Waals surface area contributed by atoms with E-state index in [0.717, 1.165) is 17.1 Å². The van der Waals surface area contributed by atoms with Crippen molar-refractivity contribution < 1.29 is 9.53 Å². The van der Waals surface area contributed by atoms with Crippen molar-refractivity contribution in [2.24, 2.45) is 7.05 Å². The van der Waals surface area contributed by atoms with Gasteiger partial charge in [0.25, 0.3) is 0 Å². The molecule has 5 nitrogen and oxygen atoms in total. The van der Waals surface area contributed by atoms with Gasteiger partial charge in [-0.05, 0) is 19.2 Å². The average Bonchev–Trinajstić information content (AvgIpc) is 2.97. The Morgan fingerprint density at radius 2 is 2.14 bits per heavy atom. The molecule has 2 rings (SSSR count). The number of nitrogens with zero attached hydrogens (tertiary/aromatic N) is 2. The largest absolute Gasteiger partial charge is 0.496 e. The van der Waals surface area contributed by atoms with Gasteiger partial charge in [-0.25, -0.2) is 4.98 Å². The van der Waals surface area contributed by atoms with E-state index in [1.54, 1.807) is 13.3 Å². The predicted octanol–water partition coefficient (Wildman–Crippen LogP) is 2.39. The maximum absolute atomic E-state index is 12.4. The Kier molecular flexibility index (Phi) is 5.49. The van der Waals surface area contributed by atoms with Crippen molar-refractivity contribution in [3.05, 3.63) is 48.0 Å². The monoisotopic (exact) mass is 319 g/mol. The van der Waals surface area contributed by atoms with Gasteiger partial charge < -0.3 is 14.6 Å². The summed E-state index contributed by atoms with van der Waals surface area (Å²) in [7, 11) is 3.54. The summed E-state index contributed by atoms with van der Waals surface area (Å²) in [5.74, 6) is 1.48. The summed E-state index contributed by atoms with van der Waals surface area (Å²) < 4.78 is 7.34. The van der Waals surface area contributed by atoms with Crippen LogP contribution >= 0.6 is 11.8 Å². The first-order valence-electron chi connectivity index (χ1n) is 7.01. The molecule has 1 N–H and O–H groups in total. The van der Waals surface area contributed by atoms with Gasteiger partial charge in [0.2, 0.25) is 5.91 Å². The molecule has 22 heavy (non-hydrogen) atoms. The Morgan fingerprint density at radius 3 is 2.73 bits per heavy atom. The zero-order chi connectivity index (χ0) is 16.1. The lowest BCUT2D eigenvalue weighted by molar-refractivity contribution is -0.120. The highest BCUT2D eigenvalue weighted by molar-refractivity contribution is 7.99. The Bertz CT molecular complexity index is 642. The minimum atomic E-state index is -0.349. The number of para-hydroxylation sites is 1. The number of rotatable bonds is 6. The molecule has 1 aromatic carbocycles. The number of aromatic nitrogens is 2. The molecule has 0 saturated carbocycles. The third-order valence-electron chi connectivity index (χ3n) is 3.58. The number of nitrogens with one attached hydrogen (secondary N) is 1. The van der Waals surface area contributed by atoms with E-state index in [9.17, 15) is 4.79 Å². The minimum absolute atomic E-state index is 0.0218. The highest BCUT2D eigenvalue weighted by atomic mass is 32.2. The molecule has 2 aromatic rings. The van der Waals surface area contributed by atoms with Crippen LogP contribution in [0.3, 0.4) is 0 Å². The summed E-state index contributed by atoms with van der Waals surface area (Å²) in [6.07, 6.45) is 5.51. The highest BCUT2D eigenvalue weighted by Gasteiger charge is 2.25. The molecular weight excluding hydrogens is 298 g/mol. The van der Waals surface area contributed by atoms with Gasteiger partial charge in [0, 0.05) is 25.0 Å². The number of aryl methyl sites for hydroxylation is 1. The molecule has 0 bridgehead atoms. The lowest BCUT2D eigenvalue weighted by atomic mass is 10.0. The molecule has 0 aliphatic rings. The van der Waals surface area contributed by atoms with Crippen LogP contribution in [0.5, 0.6) is 5.75 Å². The summed E-state index contributed by atoms with van der Waals surface area (Å²) in [4.78, 5) is 16.7. The summed E-state index contributed by atoms with van der Waals surface area (Å²) >= 11 is 1.51. The molecule has 0 aliphatic heterocycles. The number of benzene rings is 1. The summed E-state index contributed by atoms with van der Waals surface area (Å²) in [6.45, 7) is 1.89. The lowest BCUT2D eigenvalue weighted by Gasteiger charge is -2.22. The quantitative estimate of drug-likeness (QED) is 0.888. The number of hydrogen-bond donors (Lipinski definition) is 1. The summed E-state index contributed by atoms with van der Waals surface area (Å²) in [5, 5.41) is 2.95. The normalized spacial score (nSPS) is 13.5. The van der Waals surface area contributed by atoms with Gasteiger partial charge in [0.15, 0.2) is 0 Å². The van der Waals surface area contributed by atoms with Crippen molar-refractivity contribution in [2.75, 3.05) is 13.4 Å². The number of carbonyl (C=O) groups excluding carboxylic acids is 1. The Hall–Kier alpha value is -1.95. The van der Waals surface area contributed by atoms with E-state index >= 15 is 0 Å². The standard InChI is InChI=1S/C16H21N3O2S/c1-11(22-4)16(20)18-14(15-17-9-10-19(15)2)12-7-5-6-8-13(12)21-3/h5-11,14H,1-4H3,(H,18,20)/t11-,14-/m1/s1. The van der Waals surface area contributed by atoms with E-state index in [2.05, 4.69) is 10.3 Å². The van der Waals surface area contributed by atoms with Gasteiger partial charge >= 0.3 is 0 Å². The van der Waals surface area contributed by atoms with Crippen molar-refractivity contribution in [1.29, 1.82) is 0 Å². The fourth-order valence-corrected chi connectivity index (χ4v) is 2.49. The van der Waals surface area contributed by atoms with Crippen molar-refractivity contribution in [3.63, 3.8) is 0 Å². The van der Waals surface area contributed by atoms with Gasteiger partial charge in [0.1, 0.15) is 17.6 Å². The van der Waals surface area contributed by atoms with Crippen LogP contribution in [0.15, 0.2) is 36.7 Å². The number of methoxy groups -OCH3 is 1. The van der Waals surface area contributed by atoms with E-state index in [-0.39, 0.29) is 17.2 Å². The topological polar surface area (TPSA) is 56.1 Å². The first-order valence-corrected chi connectivity index (χ1v) is 8.30. The van der Waals surface area contributed by atoms with Crippen LogP contribution in [-0.4, -0.2) is 34.1 Å². The number of carbonyl (C=O) groups is 1. The molecule has 0 fully saturated rings. The number of hydrogen-bond acceptors (Lipinski definition) is 4. The Balaban J connectivity index is 2.42. The van der Waals surface area contributed by atoms with E-state index in [1.165, 1.54) is 11.8 Å². The van der Waals surface area contributed by atoms with Gasteiger partial charge in [-0.3, -0.25) is 4.79 Å². The Labute approximate surface area is 135 Å². The molecule has 2 atom stereocenters. The smallest absolute Gasteiger partial charge is 0.233 e. The molecule has 118 valence electrons. The number of thioether (sulfide) groups is 1. The second kappa shape index (κ2) is 7.35. The van der Waals surface area contributed by atoms with Crippen molar-refractivity contribution in [3.8, 4) is 5.75 Å². The first kappa shape index (κ1) is 16.4. The number of ether oxygens (including phenoxy) is 1. The van der Waals surface area contributed by atoms with Gasteiger partial charge in [-0.1, -0.05) is 18.2 Å². The molecule has 0 aliphatic carbocycles. The molecule has 1 heterocycles. The van der Waals surface area contributed by atoms with Crippen molar-refractivity contribution in [1.82, 2.24) is 14.9 Å². The second-order valence-corrected chi connectivity index (χ2v) is 6.14. The molecule has 0 spiro atoms. The van der Waals surface area contributed by atoms with Crippen LogP contribution in [0.25, 0.3) is 0 Å². The maximum Gasteiger partial charge on any atom is 0.233 e. The number of imidazole rings is 1. The van der Waals surface area contributed by atoms with Crippen LogP contribution in [0.4, 0.5) is 0 Å². The van der Waals surface area contributed by atoms with E-state index < -0.39 is 0 Å². The van der Waals surface area contributed by atoms with E-state index in [4.69, 9.17) is 4.74 Å². The SMILES string of the molecule is COc1ccccc1[C@@H](NC(=O)[C@@H](C)SC)c1nccn1C. The zero-order valence-electron chi connectivity index (χ0n) is 13.2. The summed E-state index contributed by atoms with van der Waals surface area (Å²) in [6, 6.07) is 7.32. The maximum atomic E-state index is 12.4. The summed E-state index contributed by atoms with van der Waals surface area (Å²) in [5.41, 5.74) is 0.890. The van der Waals surface area contributed by atoms with E-state index in [0.29, 0.717) is 0 Å². The van der Waals surface area contributed by atoms with Crippen LogP contribution in [0.2, 0.25) is 0 Å². The molecule has 1 aromatic heterocycles. The van der Waals surface area contributed by atoms with Gasteiger partial charge in [-0.15, -0.1) is 0 Å². The molecule has 0 saturated heterocycles. The molecule has 1 amide bonds. The lowest BCUT2D eigenvalue weighted by Crippen LogP contribution is -2.36. The van der Waals surface area contributed by atoms with Crippen LogP contribution in [0.1, 0.15) is 24.4 Å². The first-order chi connectivity index (χ1) is 10.6. The molecule has 6 heteroatoms. The van der Waals surface area contributed by atoms with E-state index in [1.807, 2.05) is 55.3 Å². The van der Waals surface area contributed by atoms with Crippen molar-refractivity contribution in [2.45, 2.75) is 18.2 Å². The fourth-order valence-electron chi connectivity index (χ4n) is 2.21. The zero-order valence-corrected chi connectivity index (χ0v) is 14.1.